The number of carbonyl (C=O) groups excluding carboxylic acids is 5. The van der Waals surface area contributed by atoms with Crippen molar-refractivity contribution in [1.29, 1.82) is 0 Å². The van der Waals surface area contributed by atoms with Crippen molar-refractivity contribution in [2.75, 3.05) is 50.1 Å². The molecule has 0 radical (unpaired) electrons. The third kappa shape index (κ3) is 7.46. The number of imide groups is 1. The molecular weight excluding hydrogens is 807 g/mol. The van der Waals surface area contributed by atoms with Crippen LogP contribution in [0, 0.1) is 11.6 Å². The lowest BCUT2D eigenvalue weighted by atomic mass is 9.83. The second-order valence-electron chi connectivity index (χ2n) is 17.7. The Bertz CT molecular complexity index is 2710. The monoisotopic (exact) mass is 856 g/mol. The van der Waals surface area contributed by atoms with Crippen molar-refractivity contribution in [2.24, 2.45) is 0 Å². The standard InChI is InChI=1S/C48H50F2N8O5/c1-48(2)42-37(9-5-10-38(42)58(47(48)63)39-13-14-40(59)53-45(39)61)55-21-15-28(16-22-55)29-11-12-31(35(49)24-29)33-25-32(43(50)44-34(33)26-36(52-44)46(62)54(3)4)30-8-6-19-56(27-30)41(60)17-23-57-20-7-18-51-57/h5,7-12,18,20,24-26,28,39,52H,6,13-17,19,21-23,27H2,1-4H3,(H,53,59,61). The summed E-state index contributed by atoms with van der Waals surface area (Å²) in [5, 5.41) is 6.95. The highest BCUT2D eigenvalue weighted by Gasteiger charge is 2.50. The van der Waals surface area contributed by atoms with Crippen molar-refractivity contribution in [3.8, 4) is 11.1 Å². The number of fused-ring (bicyclic) bond motifs is 2. The van der Waals surface area contributed by atoms with E-state index in [-0.39, 0.29) is 77.7 Å². The van der Waals surface area contributed by atoms with E-state index in [1.165, 1.54) is 4.90 Å². The lowest BCUT2D eigenvalue weighted by Gasteiger charge is -2.36. The molecule has 5 amide bonds. The minimum atomic E-state index is -0.902. The van der Waals surface area contributed by atoms with E-state index in [9.17, 15) is 24.0 Å². The maximum atomic E-state index is 16.7. The zero-order chi connectivity index (χ0) is 44.3. The SMILES string of the molecule is CN(C)C(=O)c1cc2c(-c3ccc(C4CCN(c5cccc6c5C(C)(C)C(=O)N6C5CCC(=O)NC5=O)CC4)cc3F)cc(C3=CCCN(C(=O)CCn4cccn4)C3)c(F)c2[nH]1. The summed E-state index contributed by atoms with van der Waals surface area (Å²) >= 11 is 0. The fraction of sp³-hybridized carbons (Fsp3) is 0.375. The van der Waals surface area contributed by atoms with Crippen LogP contribution in [-0.4, -0.2) is 100 Å². The van der Waals surface area contributed by atoms with Gasteiger partial charge in [0.15, 0.2) is 5.82 Å². The first-order valence-electron chi connectivity index (χ1n) is 21.6. The van der Waals surface area contributed by atoms with Gasteiger partial charge in [-0.1, -0.05) is 24.3 Å². The van der Waals surface area contributed by atoms with Gasteiger partial charge in [0.1, 0.15) is 17.6 Å². The third-order valence-electron chi connectivity index (χ3n) is 13.2. The molecule has 63 heavy (non-hydrogen) atoms. The predicted molar refractivity (Wildman–Crippen MR) is 235 cm³/mol. The second-order valence-corrected chi connectivity index (χ2v) is 17.7. The van der Waals surface area contributed by atoms with E-state index in [4.69, 9.17) is 0 Å². The average molecular weight is 857 g/mol. The first-order valence-corrected chi connectivity index (χ1v) is 21.6. The molecule has 2 fully saturated rings. The van der Waals surface area contributed by atoms with Crippen LogP contribution in [-0.2, 0) is 31.1 Å². The molecule has 4 aliphatic heterocycles. The number of hydrogen-bond donors (Lipinski definition) is 2. The summed E-state index contributed by atoms with van der Waals surface area (Å²) in [6.07, 6.45) is 8.01. The number of amides is 5. The smallest absolute Gasteiger partial charge is 0.269 e. The number of benzene rings is 3. The van der Waals surface area contributed by atoms with Gasteiger partial charge in [-0.25, -0.2) is 8.78 Å². The molecule has 326 valence electrons. The Morgan fingerprint density at radius 1 is 0.921 bits per heavy atom. The molecule has 3 aromatic carbocycles. The summed E-state index contributed by atoms with van der Waals surface area (Å²) in [6, 6.07) is 15.2. The predicted octanol–water partition coefficient (Wildman–Crippen LogP) is 6.53. The van der Waals surface area contributed by atoms with Gasteiger partial charge in [0.2, 0.25) is 23.6 Å². The Morgan fingerprint density at radius 2 is 1.70 bits per heavy atom. The Hall–Kier alpha value is -6.64. The van der Waals surface area contributed by atoms with E-state index < -0.39 is 29.0 Å². The third-order valence-corrected chi connectivity index (χ3v) is 13.2. The summed E-state index contributed by atoms with van der Waals surface area (Å²) in [6.45, 7) is 6.15. The summed E-state index contributed by atoms with van der Waals surface area (Å²) < 4.78 is 35.0. The largest absolute Gasteiger partial charge is 0.371 e. The summed E-state index contributed by atoms with van der Waals surface area (Å²) in [7, 11) is 3.21. The van der Waals surface area contributed by atoms with Crippen molar-refractivity contribution in [2.45, 2.75) is 76.3 Å². The lowest BCUT2D eigenvalue weighted by Crippen LogP contribution is -2.55. The lowest BCUT2D eigenvalue weighted by molar-refractivity contribution is -0.136. The molecular formula is C48H50F2N8O5. The highest BCUT2D eigenvalue weighted by Crippen LogP contribution is 2.49. The Balaban J connectivity index is 0.975. The molecule has 9 rings (SSSR count). The summed E-state index contributed by atoms with van der Waals surface area (Å²) in [5.74, 6) is -2.42. The number of halogens is 2. The van der Waals surface area contributed by atoms with Crippen LogP contribution in [0.25, 0.3) is 27.6 Å². The van der Waals surface area contributed by atoms with E-state index in [2.05, 4.69) is 20.3 Å². The van der Waals surface area contributed by atoms with Gasteiger partial charge in [0.05, 0.1) is 16.6 Å². The molecule has 1 atom stereocenters. The van der Waals surface area contributed by atoms with Crippen molar-refractivity contribution in [1.82, 2.24) is 29.9 Å². The zero-order valence-electron chi connectivity index (χ0n) is 35.8. The van der Waals surface area contributed by atoms with E-state index in [0.29, 0.717) is 54.8 Å². The van der Waals surface area contributed by atoms with Gasteiger partial charge in [-0.2, -0.15) is 5.10 Å². The number of aryl methyl sites for hydroxylation is 1. The average Bonchev–Trinajstić information content (AvgIpc) is 4.02. The van der Waals surface area contributed by atoms with E-state index in [0.717, 1.165) is 29.7 Å². The van der Waals surface area contributed by atoms with Crippen molar-refractivity contribution in [3.63, 3.8) is 0 Å². The van der Waals surface area contributed by atoms with Crippen molar-refractivity contribution >= 4 is 57.4 Å². The Labute approximate surface area is 363 Å². The van der Waals surface area contributed by atoms with Gasteiger partial charge >= 0.3 is 0 Å². The number of aromatic amines is 1. The number of carbonyl (C=O) groups is 5. The number of rotatable bonds is 9. The minimum Gasteiger partial charge on any atom is -0.371 e. The van der Waals surface area contributed by atoms with Gasteiger partial charge in [-0.3, -0.25) is 38.9 Å². The molecule has 2 saturated heterocycles. The van der Waals surface area contributed by atoms with Crippen molar-refractivity contribution < 1.29 is 32.8 Å². The number of nitrogens with one attached hydrogen (secondary N) is 2. The molecule has 2 N–H and O–H groups in total. The van der Waals surface area contributed by atoms with Gasteiger partial charge < -0.3 is 19.7 Å². The number of nitrogens with zero attached hydrogens (tertiary/aromatic N) is 6. The molecule has 0 spiro atoms. The van der Waals surface area contributed by atoms with Gasteiger partial charge in [-0.15, -0.1) is 0 Å². The van der Waals surface area contributed by atoms with E-state index in [1.807, 2.05) is 44.2 Å². The normalized spacial score (nSPS) is 19.1. The molecule has 13 nitrogen and oxygen atoms in total. The maximum absolute atomic E-state index is 16.7. The Morgan fingerprint density at radius 3 is 2.41 bits per heavy atom. The molecule has 6 heterocycles. The van der Waals surface area contributed by atoms with Gasteiger partial charge in [0, 0.05) is 99.8 Å². The topological polar surface area (TPSA) is 144 Å². The van der Waals surface area contributed by atoms with Crippen LogP contribution in [0.3, 0.4) is 0 Å². The molecule has 5 aromatic rings. The van der Waals surface area contributed by atoms with Gasteiger partial charge in [-0.05, 0) is 98.5 Å². The van der Waals surface area contributed by atoms with Crippen LogP contribution >= 0.6 is 0 Å². The number of H-pyrrole nitrogens is 1. The van der Waals surface area contributed by atoms with Crippen molar-refractivity contribution in [3.05, 3.63) is 107 Å². The van der Waals surface area contributed by atoms with E-state index in [1.54, 1.807) is 71.3 Å². The van der Waals surface area contributed by atoms with Crippen LogP contribution in [0.5, 0.6) is 0 Å². The maximum Gasteiger partial charge on any atom is 0.269 e. The summed E-state index contributed by atoms with van der Waals surface area (Å²) in [4.78, 5) is 75.1. The minimum absolute atomic E-state index is 0.0424. The number of aromatic nitrogens is 3. The van der Waals surface area contributed by atoms with E-state index >= 15 is 8.78 Å². The molecule has 15 heteroatoms. The number of anilines is 2. The van der Waals surface area contributed by atoms with Crippen LogP contribution in [0.4, 0.5) is 20.2 Å². The fourth-order valence-corrected chi connectivity index (χ4v) is 9.87. The summed E-state index contributed by atoms with van der Waals surface area (Å²) in [5.41, 5.74) is 4.19. The molecule has 0 aliphatic carbocycles. The number of hydrogen-bond acceptors (Lipinski definition) is 7. The molecule has 0 saturated carbocycles. The second kappa shape index (κ2) is 16.2. The quantitative estimate of drug-likeness (QED) is 0.161. The van der Waals surface area contributed by atoms with Crippen LogP contribution < -0.4 is 15.1 Å². The molecule has 4 aliphatic rings. The first-order chi connectivity index (χ1) is 30.2. The Kier molecular flexibility index (Phi) is 10.8. The number of piperidine rings is 2. The van der Waals surface area contributed by atoms with Crippen LogP contribution in [0.15, 0.2) is 73.1 Å². The molecule has 2 aromatic heterocycles. The van der Waals surface area contributed by atoms with Gasteiger partial charge in [0.25, 0.3) is 5.91 Å². The zero-order valence-corrected chi connectivity index (χ0v) is 35.8. The molecule has 0 bridgehead atoms. The first kappa shape index (κ1) is 41.7. The fourth-order valence-electron chi connectivity index (χ4n) is 9.87. The van der Waals surface area contributed by atoms with Crippen LogP contribution in [0.2, 0.25) is 0 Å². The van der Waals surface area contributed by atoms with Crippen LogP contribution in [0.1, 0.15) is 85.5 Å². The highest BCUT2D eigenvalue weighted by molar-refractivity contribution is 6.15. The molecule has 1 unspecified atom stereocenters. The highest BCUT2D eigenvalue weighted by atomic mass is 19.1.